The first-order valence-electron chi connectivity index (χ1n) is 14.5. The fourth-order valence-electron chi connectivity index (χ4n) is 7.53. The molecule has 9 rings (SSSR count). The Morgan fingerprint density at radius 2 is 1.70 bits per heavy atom. The molecule has 13 heteroatoms. The molecule has 0 radical (unpaired) electrons. The van der Waals surface area contributed by atoms with Crippen LogP contribution in [0.15, 0.2) is 35.9 Å². The Bertz CT molecular complexity index is 1620. The zero-order chi connectivity index (χ0) is 30.4. The molecule has 5 heterocycles. The fourth-order valence-corrected chi connectivity index (χ4v) is 7.53. The third kappa shape index (κ3) is 4.04. The summed E-state index contributed by atoms with van der Waals surface area (Å²) in [5, 5.41) is 52.6. The van der Waals surface area contributed by atoms with Crippen LogP contribution in [0.25, 0.3) is 5.57 Å². The van der Waals surface area contributed by atoms with Crippen molar-refractivity contribution in [1.29, 1.82) is 0 Å². The largest absolute Gasteiger partial charge is 0.504 e. The standard InChI is InChI=1S/C17H19NO4.C14H13NO7/c1-20-15-4-11-12-7-18(13(11)5-14(15)19)6-9-2-16-17(3-10(9)12)22-8-21-16;16-6-1-5-4-2-7-13(22-3-21-7)11(18)8(4)14(20)15-9(5)12(19)10(6)17/h2-4,12-15,19H,5-8H2,1H3;1-2,6,9-10,12,16-19H,3H2,(H,15,20). The van der Waals surface area contributed by atoms with Crippen LogP contribution in [0.1, 0.15) is 39.4 Å². The number of ether oxygens (including phenoxy) is 5. The average Bonchev–Trinajstić information content (AvgIpc) is 3.74. The Morgan fingerprint density at radius 1 is 0.955 bits per heavy atom. The molecule has 2 aromatic rings. The number of hydrogen-bond acceptors (Lipinski definition) is 12. The molecule has 232 valence electrons. The first-order chi connectivity index (χ1) is 21.2. The third-order valence-corrected chi connectivity index (χ3v) is 9.69. The van der Waals surface area contributed by atoms with Crippen LogP contribution in [0.3, 0.4) is 0 Å². The van der Waals surface area contributed by atoms with Gasteiger partial charge in [-0.2, -0.15) is 0 Å². The van der Waals surface area contributed by atoms with Gasteiger partial charge in [-0.1, -0.05) is 6.08 Å². The molecule has 0 saturated carbocycles. The maximum atomic E-state index is 12.2. The van der Waals surface area contributed by atoms with Gasteiger partial charge in [-0.15, -0.1) is 0 Å². The molecule has 7 aliphatic rings. The monoisotopic (exact) mass is 608 g/mol. The van der Waals surface area contributed by atoms with Crippen molar-refractivity contribution in [3.05, 3.63) is 58.2 Å². The summed E-state index contributed by atoms with van der Waals surface area (Å²) in [5.74, 6) is 1.51. The topological polar surface area (TPSA) is 180 Å². The quantitative estimate of drug-likeness (QED) is 0.241. The fraction of sp³-hybridized carbons (Fsp3) is 0.452. The van der Waals surface area contributed by atoms with E-state index in [0.29, 0.717) is 29.9 Å². The highest BCUT2D eigenvalue weighted by Gasteiger charge is 2.47. The van der Waals surface area contributed by atoms with Gasteiger partial charge in [0.15, 0.2) is 23.0 Å². The van der Waals surface area contributed by atoms with Crippen molar-refractivity contribution in [1.82, 2.24) is 10.2 Å². The Labute approximate surface area is 251 Å². The van der Waals surface area contributed by atoms with Gasteiger partial charge in [0.2, 0.25) is 19.3 Å². The van der Waals surface area contributed by atoms with Gasteiger partial charge in [-0.25, -0.2) is 0 Å². The highest BCUT2D eigenvalue weighted by Crippen LogP contribution is 2.51. The van der Waals surface area contributed by atoms with Crippen LogP contribution in [0.4, 0.5) is 0 Å². The molecule has 9 unspecified atom stereocenters. The van der Waals surface area contributed by atoms with Crippen molar-refractivity contribution in [3.63, 3.8) is 0 Å². The molecule has 2 aliphatic carbocycles. The predicted molar refractivity (Wildman–Crippen MR) is 150 cm³/mol. The normalized spacial score (nSPS) is 34.8. The van der Waals surface area contributed by atoms with Gasteiger partial charge < -0.3 is 54.5 Å². The van der Waals surface area contributed by atoms with Crippen LogP contribution in [0, 0.1) is 0 Å². The maximum Gasteiger partial charge on any atom is 0.256 e. The lowest BCUT2D eigenvalue weighted by Gasteiger charge is -2.39. The van der Waals surface area contributed by atoms with Crippen LogP contribution in [-0.2, 0) is 11.3 Å². The summed E-state index contributed by atoms with van der Waals surface area (Å²) in [6, 6.07) is 5.24. The SMILES string of the molecule is COC1C=C2C3CN(Cc4cc5c(cc43)OCO5)C2CC1O.O=C1NC2C(=CC(O)C(O)C2O)c2cc3c(c(O)c21)OCO3. The van der Waals surface area contributed by atoms with Crippen molar-refractivity contribution >= 4 is 11.5 Å². The number of aliphatic hydroxyl groups is 4. The van der Waals surface area contributed by atoms with E-state index in [9.17, 15) is 30.3 Å². The van der Waals surface area contributed by atoms with E-state index < -0.39 is 36.4 Å². The van der Waals surface area contributed by atoms with E-state index in [1.807, 2.05) is 0 Å². The van der Waals surface area contributed by atoms with E-state index in [-0.39, 0.29) is 35.7 Å². The predicted octanol–water partition coefficient (Wildman–Crippen LogP) is 0.115. The molecule has 1 fully saturated rings. The number of nitrogens with one attached hydrogen (secondary N) is 1. The summed E-state index contributed by atoms with van der Waals surface area (Å²) in [6.07, 6.45) is -0.413. The average molecular weight is 609 g/mol. The minimum absolute atomic E-state index is 0.0115. The van der Waals surface area contributed by atoms with E-state index in [4.69, 9.17) is 23.7 Å². The highest BCUT2D eigenvalue weighted by molar-refractivity contribution is 6.07. The lowest BCUT2D eigenvalue weighted by atomic mass is 9.79. The molecule has 1 amide bonds. The van der Waals surface area contributed by atoms with E-state index in [1.165, 1.54) is 28.8 Å². The minimum atomic E-state index is -1.40. The second-order valence-corrected chi connectivity index (χ2v) is 12.0. The number of aliphatic hydroxyl groups excluding tert-OH is 4. The Kier molecular flexibility index (Phi) is 6.35. The Balaban J connectivity index is 0.000000131. The summed E-state index contributed by atoms with van der Waals surface area (Å²) in [5.41, 5.74) is 4.80. The number of phenolic OH excluding ortho intramolecular Hbond substituents is 1. The van der Waals surface area contributed by atoms with Crippen molar-refractivity contribution in [2.24, 2.45) is 0 Å². The molecular formula is C31H32N2O11. The first kappa shape index (κ1) is 27.7. The van der Waals surface area contributed by atoms with Crippen LogP contribution >= 0.6 is 0 Å². The van der Waals surface area contributed by atoms with E-state index in [1.54, 1.807) is 7.11 Å². The first-order valence-corrected chi connectivity index (χ1v) is 14.5. The van der Waals surface area contributed by atoms with Gasteiger partial charge in [0.05, 0.1) is 17.7 Å². The number of benzene rings is 2. The number of nitrogens with zero attached hydrogens (tertiary/aromatic N) is 1. The molecule has 1 saturated heterocycles. The molecule has 13 nitrogen and oxygen atoms in total. The number of phenols is 1. The number of fused-ring (bicyclic) bond motifs is 12. The van der Waals surface area contributed by atoms with Crippen LogP contribution in [-0.4, -0.2) is 106 Å². The van der Waals surface area contributed by atoms with Gasteiger partial charge in [0, 0.05) is 37.7 Å². The van der Waals surface area contributed by atoms with Gasteiger partial charge in [-0.05, 0) is 53.0 Å². The van der Waals surface area contributed by atoms with Crippen LogP contribution < -0.4 is 24.3 Å². The number of carbonyl (C=O) groups is 1. The molecule has 2 aromatic carbocycles. The number of methoxy groups -OCH3 is 1. The molecule has 6 N–H and O–H groups in total. The van der Waals surface area contributed by atoms with Crippen LogP contribution in [0.2, 0.25) is 0 Å². The van der Waals surface area contributed by atoms with E-state index in [2.05, 4.69) is 28.4 Å². The van der Waals surface area contributed by atoms with Gasteiger partial charge in [-0.3, -0.25) is 9.69 Å². The summed E-state index contributed by atoms with van der Waals surface area (Å²) in [4.78, 5) is 14.7. The van der Waals surface area contributed by atoms with Gasteiger partial charge >= 0.3 is 0 Å². The lowest BCUT2D eigenvalue weighted by Crippen LogP contribution is -2.57. The highest BCUT2D eigenvalue weighted by atomic mass is 16.7. The summed E-state index contributed by atoms with van der Waals surface area (Å²) in [6.45, 7) is 2.18. The summed E-state index contributed by atoms with van der Waals surface area (Å²) in [7, 11) is 1.67. The summed E-state index contributed by atoms with van der Waals surface area (Å²) >= 11 is 0. The molecule has 0 aromatic heterocycles. The Morgan fingerprint density at radius 3 is 2.50 bits per heavy atom. The molecular weight excluding hydrogens is 576 g/mol. The number of aromatic hydroxyl groups is 1. The van der Waals surface area contributed by atoms with Crippen molar-refractivity contribution in [2.45, 2.75) is 61.5 Å². The third-order valence-electron chi connectivity index (χ3n) is 9.69. The number of hydrogen-bond donors (Lipinski definition) is 6. The van der Waals surface area contributed by atoms with Crippen molar-refractivity contribution in [3.8, 4) is 28.7 Å². The van der Waals surface area contributed by atoms with E-state index >= 15 is 0 Å². The second kappa shape index (κ2) is 10.1. The minimum Gasteiger partial charge on any atom is -0.504 e. The number of amides is 1. The summed E-state index contributed by atoms with van der Waals surface area (Å²) < 4.78 is 26.8. The molecule has 0 spiro atoms. The zero-order valence-electron chi connectivity index (χ0n) is 23.7. The second-order valence-electron chi connectivity index (χ2n) is 12.0. The molecule has 9 atom stereocenters. The number of rotatable bonds is 1. The van der Waals surface area contributed by atoms with Crippen molar-refractivity contribution in [2.75, 3.05) is 27.2 Å². The van der Waals surface area contributed by atoms with Crippen LogP contribution in [0.5, 0.6) is 28.7 Å². The zero-order valence-corrected chi connectivity index (χ0v) is 23.7. The molecule has 44 heavy (non-hydrogen) atoms. The molecule has 5 aliphatic heterocycles. The molecule has 2 bridgehead atoms. The maximum absolute atomic E-state index is 12.2. The Hall–Kier alpha value is -3.85. The lowest BCUT2D eigenvalue weighted by molar-refractivity contribution is -0.0535. The van der Waals surface area contributed by atoms with Crippen molar-refractivity contribution < 1.29 is 54.0 Å². The smallest absolute Gasteiger partial charge is 0.256 e. The van der Waals surface area contributed by atoms with E-state index in [0.717, 1.165) is 31.0 Å². The van der Waals surface area contributed by atoms with Gasteiger partial charge in [0.25, 0.3) is 5.91 Å². The van der Waals surface area contributed by atoms with Gasteiger partial charge in [0.1, 0.15) is 24.4 Å². The number of carbonyl (C=O) groups excluding carboxylic acids is 1.